The first-order valence-electron chi connectivity index (χ1n) is 17.3. The summed E-state index contributed by atoms with van der Waals surface area (Å²) in [5, 5.41) is 2.26. The van der Waals surface area contributed by atoms with E-state index in [2.05, 4.69) is 152 Å². The molecule has 0 radical (unpaired) electrons. The van der Waals surface area contributed by atoms with Crippen LogP contribution in [-0.4, -0.2) is 9.55 Å². The molecule has 0 aliphatic heterocycles. The fraction of sp³-hybridized carbons (Fsp3) is 0.0851. The van der Waals surface area contributed by atoms with Crippen LogP contribution in [0, 0.1) is 0 Å². The second kappa shape index (κ2) is 11.5. The molecule has 1 spiro atoms. The third-order valence-corrected chi connectivity index (χ3v) is 10.5. The molecular weight excluding hydrogens is 609 g/mol. The van der Waals surface area contributed by atoms with Gasteiger partial charge in [0.15, 0.2) is 0 Å². The monoisotopic (exact) mass is 644 g/mol. The van der Waals surface area contributed by atoms with Gasteiger partial charge in [0, 0.05) is 27.6 Å². The molecule has 1 unspecified atom stereocenters. The molecule has 3 aliphatic carbocycles. The summed E-state index contributed by atoms with van der Waals surface area (Å²) in [4.78, 5) is 5.17. The van der Waals surface area contributed by atoms with Crippen molar-refractivity contribution < 1.29 is 4.42 Å². The summed E-state index contributed by atoms with van der Waals surface area (Å²) in [6.07, 6.45) is 24.1. The SMILES string of the molecule is C=C/C=C1\C(=C/C)c2ccc(-n3c(C4=CC=CCC=C4)nc(C=C)c3/C=C\C)cc2C12c1ccccc1-c1c2ccc2c1oc1ccccc12. The first-order chi connectivity index (χ1) is 24.6. The zero-order valence-corrected chi connectivity index (χ0v) is 28.3. The van der Waals surface area contributed by atoms with Crippen LogP contribution in [0.1, 0.15) is 59.7 Å². The minimum Gasteiger partial charge on any atom is -0.455 e. The molecule has 2 heterocycles. The summed E-state index contributed by atoms with van der Waals surface area (Å²) in [5.74, 6) is 0.882. The Balaban J connectivity index is 1.40. The van der Waals surface area contributed by atoms with E-state index < -0.39 is 5.41 Å². The Kier molecular flexibility index (Phi) is 6.86. The van der Waals surface area contributed by atoms with E-state index in [-0.39, 0.29) is 0 Å². The molecule has 0 saturated heterocycles. The van der Waals surface area contributed by atoms with Crippen molar-refractivity contribution >= 4 is 45.2 Å². The quantitative estimate of drug-likeness (QED) is 0.187. The number of nitrogens with zero attached hydrogens (tertiary/aromatic N) is 2. The van der Waals surface area contributed by atoms with E-state index in [1.165, 1.54) is 39.0 Å². The van der Waals surface area contributed by atoms with Crippen LogP contribution in [0.15, 0.2) is 157 Å². The molecule has 0 N–H and O–H groups in total. The van der Waals surface area contributed by atoms with Crippen LogP contribution >= 0.6 is 0 Å². The molecule has 1 atom stereocenters. The number of fused-ring (bicyclic) bond motifs is 11. The van der Waals surface area contributed by atoms with Crippen LogP contribution < -0.4 is 0 Å². The Morgan fingerprint density at radius 3 is 2.56 bits per heavy atom. The minimum absolute atomic E-state index is 0.590. The number of rotatable bonds is 5. The molecule has 240 valence electrons. The lowest BCUT2D eigenvalue weighted by molar-refractivity contribution is 0.669. The average Bonchev–Trinajstić information content (AvgIpc) is 3.79. The molecule has 3 heteroatoms. The minimum atomic E-state index is -0.590. The molecule has 3 nitrogen and oxygen atoms in total. The molecule has 0 fully saturated rings. The summed E-state index contributed by atoms with van der Waals surface area (Å²) in [6, 6.07) is 28.7. The van der Waals surface area contributed by atoms with Gasteiger partial charge in [-0.3, -0.25) is 4.57 Å². The highest BCUT2D eigenvalue weighted by Gasteiger charge is 2.54. The van der Waals surface area contributed by atoms with Crippen LogP contribution in [0.4, 0.5) is 0 Å². The maximum absolute atomic E-state index is 6.73. The van der Waals surface area contributed by atoms with Gasteiger partial charge in [0.25, 0.3) is 0 Å². The molecule has 2 aromatic heterocycles. The Morgan fingerprint density at radius 2 is 1.72 bits per heavy atom. The van der Waals surface area contributed by atoms with Crippen molar-refractivity contribution in [3.8, 4) is 16.8 Å². The molecule has 0 saturated carbocycles. The first kappa shape index (κ1) is 29.9. The van der Waals surface area contributed by atoms with Crippen molar-refractivity contribution in [3.05, 3.63) is 192 Å². The normalized spacial score (nSPS) is 19.1. The second-order valence-corrected chi connectivity index (χ2v) is 12.9. The largest absolute Gasteiger partial charge is 0.455 e. The summed E-state index contributed by atoms with van der Waals surface area (Å²) >= 11 is 0. The number of hydrogen-bond donors (Lipinski definition) is 0. The average molecular weight is 645 g/mol. The van der Waals surface area contributed by atoms with Crippen molar-refractivity contribution in [3.63, 3.8) is 0 Å². The lowest BCUT2D eigenvalue weighted by Gasteiger charge is -2.31. The molecule has 9 rings (SSSR count). The summed E-state index contributed by atoms with van der Waals surface area (Å²) in [7, 11) is 0. The Bertz CT molecular complexity index is 2620. The van der Waals surface area contributed by atoms with Gasteiger partial charge in [-0.25, -0.2) is 4.98 Å². The third-order valence-electron chi connectivity index (χ3n) is 10.5. The zero-order chi connectivity index (χ0) is 34.0. The van der Waals surface area contributed by atoms with E-state index >= 15 is 0 Å². The summed E-state index contributed by atoms with van der Waals surface area (Å²) in [6.45, 7) is 12.5. The second-order valence-electron chi connectivity index (χ2n) is 12.9. The zero-order valence-electron chi connectivity index (χ0n) is 28.3. The highest BCUT2D eigenvalue weighted by molar-refractivity contribution is 6.13. The number of allylic oxidation sites excluding steroid dienone is 12. The van der Waals surface area contributed by atoms with Crippen molar-refractivity contribution in [2.24, 2.45) is 0 Å². The van der Waals surface area contributed by atoms with Gasteiger partial charge in [0.05, 0.1) is 16.8 Å². The molecule has 0 bridgehead atoms. The van der Waals surface area contributed by atoms with Crippen molar-refractivity contribution in [2.75, 3.05) is 0 Å². The number of para-hydroxylation sites is 1. The predicted molar refractivity (Wildman–Crippen MR) is 210 cm³/mol. The van der Waals surface area contributed by atoms with E-state index in [1.807, 2.05) is 25.1 Å². The van der Waals surface area contributed by atoms with Gasteiger partial charge in [-0.05, 0) is 89.6 Å². The predicted octanol–water partition coefficient (Wildman–Crippen LogP) is 12.2. The smallest absolute Gasteiger partial charge is 0.145 e. The molecule has 4 aromatic carbocycles. The van der Waals surface area contributed by atoms with E-state index in [4.69, 9.17) is 9.40 Å². The fourth-order valence-electron chi connectivity index (χ4n) is 8.58. The van der Waals surface area contributed by atoms with Crippen molar-refractivity contribution in [1.82, 2.24) is 9.55 Å². The van der Waals surface area contributed by atoms with Gasteiger partial charge in [-0.2, -0.15) is 0 Å². The first-order valence-corrected chi connectivity index (χ1v) is 17.3. The van der Waals surface area contributed by atoms with Gasteiger partial charge < -0.3 is 4.42 Å². The highest BCUT2D eigenvalue weighted by atomic mass is 16.3. The van der Waals surface area contributed by atoms with E-state index in [0.717, 1.165) is 62.4 Å². The standard InChI is InChI=1S/C47H36N2O/c1-5-17-37-32(7-3)33-26-25-31(49-42(18-6-2)41(8-4)48-46(49)30-19-11-9-10-12-20-30)29-40(33)47(37)38-23-15-13-22-36(38)44-39(47)28-27-35-34-21-14-16-24-43(34)50-45(35)44/h5-9,11-29H,1,4,10H2,2-3H3/b18-6-,32-7-,37-17+. The lowest BCUT2D eigenvalue weighted by Crippen LogP contribution is -2.26. The van der Waals surface area contributed by atoms with Gasteiger partial charge >= 0.3 is 0 Å². The maximum atomic E-state index is 6.73. The molecule has 6 aromatic rings. The highest BCUT2D eigenvalue weighted by Crippen LogP contribution is 2.65. The van der Waals surface area contributed by atoms with Gasteiger partial charge in [0.1, 0.15) is 17.0 Å². The van der Waals surface area contributed by atoms with Gasteiger partial charge in [-0.15, -0.1) is 0 Å². The van der Waals surface area contributed by atoms with Crippen LogP contribution in [0.5, 0.6) is 0 Å². The maximum Gasteiger partial charge on any atom is 0.145 e. The molecule has 0 amide bonds. The number of imidazole rings is 1. The molecular formula is C47H36N2O. The fourth-order valence-corrected chi connectivity index (χ4v) is 8.58. The van der Waals surface area contributed by atoms with Crippen molar-refractivity contribution in [2.45, 2.75) is 25.7 Å². The summed E-state index contributed by atoms with van der Waals surface area (Å²) in [5.41, 5.74) is 14.9. The van der Waals surface area contributed by atoms with Crippen LogP contribution in [-0.2, 0) is 5.41 Å². The van der Waals surface area contributed by atoms with Gasteiger partial charge in [0.2, 0.25) is 0 Å². The van der Waals surface area contributed by atoms with Crippen LogP contribution in [0.25, 0.3) is 62.1 Å². The molecule has 50 heavy (non-hydrogen) atoms. The number of benzene rings is 4. The topological polar surface area (TPSA) is 31.0 Å². The number of furan rings is 1. The van der Waals surface area contributed by atoms with E-state index in [1.54, 1.807) is 0 Å². The van der Waals surface area contributed by atoms with E-state index in [0.29, 0.717) is 0 Å². The van der Waals surface area contributed by atoms with E-state index in [9.17, 15) is 0 Å². The number of aromatic nitrogens is 2. The lowest BCUT2D eigenvalue weighted by atomic mass is 9.70. The Morgan fingerprint density at radius 1 is 0.860 bits per heavy atom. The number of hydrogen-bond acceptors (Lipinski definition) is 2. The summed E-state index contributed by atoms with van der Waals surface area (Å²) < 4.78 is 9.02. The Labute approximate surface area is 292 Å². The van der Waals surface area contributed by atoms with Crippen molar-refractivity contribution in [1.29, 1.82) is 0 Å². The van der Waals surface area contributed by atoms with Gasteiger partial charge in [-0.1, -0.05) is 129 Å². The van der Waals surface area contributed by atoms with Crippen LogP contribution in [0.3, 0.4) is 0 Å². The molecule has 3 aliphatic rings. The Hall–Kier alpha value is -6.19. The third kappa shape index (κ3) is 3.95. The van der Waals surface area contributed by atoms with Crippen LogP contribution in [0.2, 0.25) is 0 Å².